The third-order valence-electron chi connectivity index (χ3n) is 5.10. The van der Waals surface area contributed by atoms with Crippen LogP contribution >= 0.6 is 24.0 Å². The predicted octanol–water partition coefficient (Wildman–Crippen LogP) is 3.38. The SMILES string of the molecule is CCC1(CNC(=NC)NCCc2ccc(C(=O)OC)cc2)CCC1.I. The highest BCUT2D eigenvalue weighted by atomic mass is 127. The lowest BCUT2D eigenvalue weighted by atomic mass is 9.67. The fourth-order valence-corrected chi connectivity index (χ4v) is 3.07. The summed E-state index contributed by atoms with van der Waals surface area (Å²) >= 11 is 0. The number of rotatable bonds is 7. The van der Waals surface area contributed by atoms with Crippen molar-refractivity contribution >= 4 is 35.9 Å². The molecule has 140 valence electrons. The van der Waals surface area contributed by atoms with Crippen molar-refractivity contribution in [3.05, 3.63) is 35.4 Å². The molecule has 0 amide bonds. The zero-order valence-corrected chi connectivity index (χ0v) is 17.8. The van der Waals surface area contributed by atoms with Crippen molar-refractivity contribution < 1.29 is 9.53 Å². The van der Waals surface area contributed by atoms with Gasteiger partial charge in [-0.3, -0.25) is 4.99 Å². The molecule has 0 spiro atoms. The number of esters is 1. The molecule has 2 N–H and O–H groups in total. The van der Waals surface area contributed by atoms with E-state index in [2.05, 4.69) is 22.5 Å². The second kappa shape index (κ2) is 10.6. The quantitative estimate of drug-likeness (QED) is 0.284. The van der Waals surface area contributed by atoms with E-state index in [9.17, 15) is 4.79 Å². The maximum Gasteiger partial charge on any atom is 0.337 e. The van der Waals surface area contributed by atoms with E-state index in [1.54, 1.807) is 19.2 Å². The molecule has 1 fully saturated rings. The maximum atomic E-state index is 11.4. The molecule has 0 bridgehead atoms. The molecule has 1 aromatic rings. The van der Waals surface area contributed by atoms with Crippen molar-refractivity contribution in [1.29, 1.82) is 0 Å². The van der Waals surface area contributed by atoms with Crippen LogP contribution in [0.5, 0.6) is 0 Å². The molecular formula is C19H30IN3O2. The van der Waals surface area contributed by atoms with E-state index >= 15 is 0 Å². The van der Waals surface area contributed by atoms with Gasteiger partial charge in [0.05, 0.1) is 12.7 Å². The van der Waals surface area contributed by atoms with Gasteiger partial charge in [0.25, 0.3) is 0 Å². The van der Waals surface area contributed by atoms with Crippen LogP contribution < -0.4 is 10.6 Å². The Morgan fingerprint density at radius 2 is 1.92 bits per heavy atom. The first kappa shape index (κ1) is 21.7. The van der Waals surface area contributed by atoms with Gasteiger partial charge in [-0.25, -0.2) is 4.79 Å². The lowest BCUT2D eigenvalue weighted by molar-refractivity contribution is 0.0600. The van der Waals surface area contributed by atoms with Crippen LogP contribution in [0.15, 0.2) is 29.3 Å². The van der Waals surface area contributed by atoms with Crippen LogP contribution in [-0.4, -0.2) is 39.2 Å². The van der Waals surface area contributed by atoms with Gasteiger partial charge in [-0.15, -0.1) is 24.0 Å². The monoisotopic (exact) mass is 459 g/mol. The van der Waals surface area contributed by atoms with Gasteiger partial charge in [-0.05, 0) is 48.8 Å². The number of ether oxygens (including phenoxy) is 1. The first-order chi connectivity index (χ1) is 11.6. The number of halogens is 1. The van der Waals surface area contributed by atoms with E-state index < -0.39 is 0 Å². The summed E-state index contributed by atoms with van der Waals surface area (Å²) in [5, 5.41) is 6.82. The average molecular weight is 459 g/mol. The Labute approximate surface area is 168 Å². The summed E-state index contributed by atoms with van der Waals surface area (Å²) in [6.45, 7) is 4.07. The number of hydrogen-bond acceptors (Lipinski definition) is 3. The number of carbonyl (C=O) groups excluding carboxylic acids is 1. The molecule has 2 rings (SSSR count). The molecule has 0 heterocycles. The Morgan fingerprint density at radius 3 is 2.40 bits per heavy atom. The molecule has 0 unspecified atom stereocenters. The van der Waals surface area contributed by atoms with Crippen molar-refractivity contribution in [2.24, 2.45) is 10.4 Å². The molecule has 6 heteroatoms. The van der Waals surface area contributed by atoms with Crippen LogP contribution in [0.1, 0.15) is 48.5 Å². The van der Waals surface area contributed by atoms with Gasteiger partial charge >= 0.3 is 5.97 Å². The first-order valence-corrected chi connectivity index (χ1v) is 8.74. The van der Waals surface area contributed by atoms with E-state index in [4.69, 9.17) is 4.74 Å². The highest BCUT2D eigenvalue weighted by Gasteiger charge is 2.34. The minimum Gasteiger partial charge on any atom is -0.465 e. The number of guanidine groups is 1. The molecule has 1 saturated carbocycles. The van der Waals surface area contributed by atoms with Crippen LogP contribution in [0.25, 0.3) is 0 Å². The summed E-state index contributed by atoms with van der Waals surface area (Å²) in [5.41, 5.74) is 2.23. The van der Waals surface area contributed by atoms with Crippen LogP contribution in [0, 0.1) is 5.41 Å². The number of benzene rings is 1. The van der Waals surface area contributed by atoms with Crippen LogP contribution in [0.4, 0.5) is 0 Å². The highest BCUT2D eigenvalue weighted by Crippen LogP contribution is 2.42. The van der Waals surface area contributed by atoms with E-state index in [0.717, 1.165) is 25.5 Å². The Bertz CT molecular complexity index is 563. The molecular weight excluding hydrogens is 429 g/mol. The van der Waals surface area contributed by atoms with Gasteiger partial charge in [-0.1, -0.05) is 25.5 Å². The highest BCUT2D eigenvalue weighted by molar-refractivity contribution is 14.0. The smallest absolute Gasteiger partial charge is 0.337 e. The van der Waals surface area contributed by atoms with Crippen molar-refractivity contribution in [2.75, 3.05) is 27.2 Å². The lowest BCUT2D eigenvalue weighted by Crippen LogP contribution is -2.46. The molecule has 0 aromatic heterocycles. The minimum absolute atomic E-state index is 0. The Kier molecular flexibility index (Phi) is 9.24. The van der Waals surface area contributed by atoms with E-state index in [1.807, 2.05) is 12.1 Å². The molecule has 0 radical (unpaired) electrons. The normalized spacial score (nSPS) is 15.6. The van der Waals surface area contributed by atoms with E-state index in [0.29, 0.717) is 11.0 Å². The molecule has 0 aliphatic heterocycles. The summed E-state index contributed by atoms with van der Waals surface area (Å²) < 4.78 is 4.71. The molecule has 5 nitrogen and oxygen atoms in total. The topological polar surface area (TPSA) is 62.7 Å². The Morgan fingerprint density at radius 1 is 1.24 bits per heavy atom. The molecule has 1 aliphatic carbocycles. The number of nitrogens with one attached hydrogen (secondary N) is 2. The van der Waals surface area contributed by atoms with Gasteiger partial charge in [0, 0.05) is 20.1 Å². The van der Waals surface area contributed by atoms with Crippen LogP contribution in [0.2, 0.25) is 0 Å². The van der Waals surface area contributed by atoms with Gasteiger partial charge in [-0.2, -0.15) is 0 Å². The third kappa shape index (κ3) is 6.17. The second-order valence-electron chi connectivity index (χ2n) is 6.50. The number of hydrogen-bond donors (Lipinski definition) is 2. The fourth-order valence-electron chi connectivity index (χ4n) is 3.07. The Hall–Kier alpha value is -1.31. The zero-order chi connectivity index (χ0) is 17.4. The predicted molar refractivity (Wildman–Crippen MR) is 113 cm³/mol. The average Bonchev–Trinajstić information content (AvgIpc) is 2.59. The first-order valence-electron chi connectivity index (χ1n) is 8.74. The summed E-state index contributed by atoms with van der Waals surface area (Å²) in [6.07, 6.45) is 6.09. The molecule has 1 aromatic carbocycles. The number of carbonyl (C=O) groups is 1. The summed E-state index contributed by atoms with van der Waals surface area (Å²) in [5.74, 6) is 0.561. The standard InChI is InChI=1S/C19H29N3O2.HI/c1-4-19(11-5-12-19)14-22-18(20-2)21-13-10-15-6-8-16(9-7-15)17(23)24-3;/h6-9H,4-5,10-14H2,1-3H3,(H2,20,21,22);1H. The number of nitrogens with zero attached hydrogens (tertiary/aromatic N) is 1. The second-order valence-corrected chi connectivity index (χ2v) is 6.50. The van der Waals surface area contributed by atoms with E-state index in [1.165, 1.54) is 38.4 Å². The van der Waals surface area contributed by atoms with E-state index in [-0.39, 0.29) is 29.9 Å². The lowest BCUT2D eigenvalue weighted by Gasteiger charge is -2.41. The van der Waals surface area contributed by atoms with Crippen LogP contribution in [0.3, 0.4) is 0 Å². The fraction of sp³-hybridized carbons (Fsp3) is 0.579. The molecule has 0 atom stereocenters. The zero-order valence-electron chi connectivity index (χ0n) is 15.4. The molecule has 25 heavy (non-hydrogen) atoms. The van der Waals surface area contributed by atoms with Gasteiger partial charge in [0.15, 0.2) is 5.96 Å². The largest absolute Gasteiger partial charge is 0.465 e. The number of methoxy groups -OCH3 is 1. The van der Waals surface area contributed by atoms with Crippen molar-refractivity contribution in [1.82, 2.24) is 10.6 Å². The maximum absolute atomic E-state index is 11.4. The summed E-state index contributed by atoms with van der Waals surface area (Å²) in [7, 11) is 3.20. The third-order valence-corrected chi connectivity index (χ3v) is 5.10. The van der Waals surface area contributed by atoms with Gasteiger partial charge in [0.1, 0.15) is 0 Å². The Balaban J connectivity index is 0.00000312. The molecule has 1 aliphatic rings. The van der Waals surface area contributed by atoms with Gasteiger partial charge < -0.3 is 15.4 Å². The molecule has 0 saturated heterocycles. The van der Waals surface area contributed by atoms with Crippen molar-refractivity contribution in [3.8, 4) is 0 Å². The van der Waals surface area contributed by atoms with Crippen molar-refractivity contribution in [3.63, 3.8) is 0 Å². The summed E-state index contributed by atoms with van der Waals surface area (Å²) in [6, 6.07) is 7.53. The van der Waals surface area contributed by atoms with Crippen LogP contribution in [-0.2, 0) is 11.2 Å². The van der Waals surface area contributed by atoms with Crippen molar-refractivity contribution in [2.45, 2.75) is 39.0 Å². The number of aliphatic imine (C=N–C) groups is 1. The van der Waals surface area contributed by atoms with Gasteiger partial charge in [0.2, 0.25) is 0 Å². The summed E-state index contributed by atoms with van der Waals surface area (Å²) in [4.78, 5) is 15.7. The minimum atomic E-state index is -0.301.